The molecule has 0 bridgehead atoms. The molecule has 0 atom stereocenters. The van der Waals surface area contributed by atoms with Crippen molar-refractivity contribution in [3.63, 3.8) is 0 Å². The van der Waals surface area contributed by atoms with E-state index >= 15 is 0 Å². The first kappa shape index (κ1) is 17.7. The molecule has 0 saturated heterocycles. The van der Waals surface area contributed by atoms with Gasteiger partial charge in [-0.1, -0.05) is 35.3 Å². The molecule has 0 radical (unpaired) electrons. The van der Waals surface area contributed by atoms with E-state index in [0.717, 1.165) is 42.9 Å². The zero-order valence-corrected chi connectivity index (χ0v) is 17.0. The van der Waals surface area contributed by atoms with Crippen LogP contribution >= 0.6 is 23.2 Å². The summed E-state index contributed by atoms with van der Waals surface area (Å²) in [5.74, 6) is 1.79. The molecule has 0 unspecified atom stereocenters. The summed E-state index contributed by atoms with van der Waals surface area (Å²) in [5.41, 5.74) is 5.93. The maximum atomic E-state index is 6.25. The Hall–Kier alpha value is -2.43. The minimum Gasteiger partial charge on any atom is -0.497 e. The Kier molecular flexibility index (Phi) is 4.33. The number of hydrogen-bond acceptors (Lipinski definition) is 2. The molecule has 4 nitrogen and oxygen atoms in total. The highest BCUT2D eigenvalue weighted by atomic mass is 35.5. The van der Waals surface area contributed by atoms with E-state index in [9.17, 15) is 0 Å². The summed E-state index contributed by atoms with van der Waals surface area (Å²) in [6, 6.07) is 13.9. The van der Waals surface area contributed by atoms with Crippen molar-refractivity contribution in [1.82, 2.24) is 14.2 Å². The molecule has 4 aromatic rings. The number of halogens is 2. The molecule has 1 aliphatic rings. The summed E-state index contributed by atoms with van der Waals surface area (Å²) in [7, 11) is 1.69. The van der Waals surface area contributed by atoms with Gasteiger partial charge in [-0.25, -0.2) is 4.52 Å². The van der Waals surface area contributed by atoms with Crippen LogP contribution in [0.1, 0.15) is 18.4 Å². The van der Waals surface area contributed by atoms with Gasteiger partial charge in [-0.15, -0.1) is 5.10 Å². The summed E-state index contributed by atoms with van der Waals surface area (Å²) < 4.78 is 9.62. The molecule has 0 saturated carbocycles. The van der Waals surface area contributed by atoms with Crippen LogP contribution in [0.25, 0.3) is 28.2 Å². The maximum Gasteiger partial charge on any atom is 0.162 e. The van der Waals surface area contributed by atoms with Crippen molar-refractivity contribution < 1.29 is 4.74 Å². The summed E-state index contributed by atoms with van der Waals surface area (Å²) in [4.78, 5) is 0. The van der Waals surface area contributed by atoms with Crippen LogP contribution in [-0.4, -0.2) is 21.3 Å². The molecule has 0 fully saturated rings. The van der Waals surface area contributed by atoms with Gasteiger partial charge in [0.1, 0.15) is 11.4 Å². The summed E-state index contributed by atoms with van der Waals surface area (Å²) in [5, 5.41) is 6.01. The van der Waals surface area contributed by atoms with Crippen LogP contribution in [0.5, 0.6) is 5.75 Å². The van der Waals surface area contributed by atoms with Crippen LogP contribution in [0.2, 0.25) is 10.0 Å². The Morgan fingerprint density at radius 2 is 1.75 bits per heavy atom. The van der Waals surface area contributed by atoms with Crippen molar-refractivity contribution in [2.45, 2.75) is 25.8 Å². The fourth-order valence-electron chi connectivity index (χ4n) is 4.04. The summed E-state index contributed by atoms with van der Waals surface area (Å²) >= 11 is 12.4. The molecular weight excluding hydrogens is 393 g/mol. The van der Waals surface area contributed by atoms with Crippen molar-refractivity contribution in [3.8, 4) is 28.3 Å². The van der Waals surface area contributed by atoms with Crippen LogP contribution in [0, 0.1) is 0 Å². The molecule has 3 heterocycles. The highest BCUT2D eigenvalue weighted by Crippen LogP contribution is 2.36. The Bertz CT molecular complexity index is 1170. The van der Waals surface area contributed by atoms with Crippen molar-refractivity contribution in [3.05, 3.63) is 64.3 Å². The van der Waals surface area contributed by atoms with Crippen LogP contribution < -0.4 is 4.74 Å². The molecule has 0 amide bonds. The largest absolute Gasteiger partial charge is 0.497 e. The molecule has 0 spiro atoms. The fraction of sp³-hybridized carbons (Fsp3) is 0.227. The van der Waals surface area contributed by atoms with E-state index in [1.165, 1.54) is 22.3 Å². The van der Waals surface area contributed by atoms with Crippen molar-refractivity contribution in [1.29, 1.82) is 0 Å². The van der Waals surface area contributed by atoms with E-state index in [1.807, 2.05) is 34.8 Å². The minimum atomic E-state index is 0.549. The Balaban J connectivity index is 1.69. The monoisotopic (exact) mass is 411 g/mol. The Labute approximate surface area is 173 Å². The van der Waals surface area contributed by atoms with E-state index in [1.54, 1.807) is 7.11 Å². The fourth-order valence-corrected chi connectivity index (χ4v) is 4.34. The molecule has 0 aliphatic carbocycles. The number of benzene rings is 2. The normalized spacial score (nSPS) is 13.7. The lowest BCUT2D eigenvalue weighted by Gasteiger charge is -2.07. The predicted molar refractivity (Wildman–Crippen MR) is 114 cm³/mol. The van der Waals surface area contributed by atoms with E-state index in [-0.39, 0.29) is 0 Å². The zero-order chi connectivity index (χ0) is 19.3. The van der Waals surface area contributed by atoms with Gasteiger partial charge in [-0.05, 0) is 55.2 Å². The quantitative estimate of drug-likeness (QED) is 0.406. The number of hydrogen-bond donors (Lipinski definition) is 0. The van der Waals surface area contributed by atoms with Crippen LogP contribution in [0.4, 0.5) is 0 Å². The van der Waals surface area contributed by atoms with Crippen molar-refractivity contribution >= 4 is 28.8 Å². The van der Waals surface area contributed by atoms with Gasteiger partial charge in [0.05, 0.1) is 17.2 Å². The molecule has 142 valence electrons. The number of aromatic nitrogens is 3. The third kappa shape index (κ3) is 2.79. The van der Waals surface area contributed by atoms with Gasteiger partial charge in [0, 0.05) is 29.4 Å². The lowest BCUT2D eigenvalue weighted by molar-refractivity contribution is 0.415. The first-order valence-electron chi connectivity index (χ1n) is 9.36. The van der Waals surface area contributed by atoms with E-state index in [2.05, 4.69) is 22.9 Å². The number of nitrogens with zero attached hydrogens (tertiary/aromatic N) is 3. The van der Waals surface area contributed by atoms with Gasteiger partial charge in [0.25, 0.3) is 0 Å². The average molecular weight is 412 g/mol. The lowest BCUT2D eigenvalue weighted by Crippen LogP contribution is -1.99. The molecule has 0 N–H and O–H groups in total. The third-order valence-corrected chi connectivity index (χ3v) is 6.15. The molecule has 6 heteroatoms. The van der Waals surface area contributed by atoms with Crippen LogP contribution in [-0.2, 0) is 13.0 Å². The third-order valence-electron chi connectivity index (χ3n) is 5.41. The topological polar surface area (TPSA) is 31.5 Å². The zero-order valence-electron chi connectivity index (χ0n) is 15.5. The van der Waals surface area contributed by atoms with Gasteiger partial charge in [-0.3, -0.25) is 0 Å². The number of ether oxygens (including phenoxy) is 1. The van der Waals surface area contributed by atoms with E-state index in [0.29, 0.717) is 10.0 Å². The second-order valence-electron chi connectivity index (χ2n) is 7.08. The van der Waals surface area contributed by atoms with Gasteiger partial charge in [0.15, 0.2) is 5.82 Å². The Morgan fingerprint density at radius 3 is 2.50 bits per heavy atom. The molecular formula is C22H19Cl2N3O. The van der Waals surface area contributed by atoms with Gasteiger partial charge in [0.2, 0.25) is 0 Å². The predicted octanol–water partition coefficient (Wildman–Crippen LogP) is 6.12. The Morgan fingerprint density at radius 1 is 0.964 bits per heavy atom. The average Bonchev–Trinajstić information content (AvgIpc) is 3.15. The van der Waals surface area contributed by atoms with Crippen molar-refractivity contribution in [2.24, 2.45) is 0 Å². The molecule has 2 aromatic carbocycles. The first-order chi connectivity index (χ1) is 13.7. The minimum absolute atomic E-state index is 0.549. The van der Waals surface area contributed by atoms with Crippen LogP contribution in [0.15, 0.2) is 48.7 Å². The first-order valence-corrected chi connectivity index (χ1v) is 10.1. The standard InChI is InChI=1S/C22H19Cl2N3O/c1-28-16-8-5-14(6-9-16)18-13-27-22-17(18)4-2-3-11-26(22)21(25-27)15-7-10-19(23)20(24)12-15/h5-10,12-13H,2-4,11H2,1H3. The van der Waals surface area contributed by atoms with Gasteiger partial charge in [-0.2, -0.15) is 0 Å². The molecule has 28 heavy (non-hydrogen) atoms. The second kappa shape index (κ2) is 6.87. The van der Waals surface area contributed by atoms with Crippen molar-refractivity contribution in [2.75, 3.05) is 7.11 Å². The number of methoxy groups -OCH3 is 1. The molecule has 5 rings (SSSR count). The highest BCUT2D eigenvalue weighted by Gasteiger charge is 2.23. The lowest BCUT2D eigenvalue weighted by atomic mass is 10.0. The van der Waals surface area contributed by atoms with E-state index in [4.69, 9.17) is 33.0 Å². The number of aryl methyl sites for hydroxylation is 2. The van der Waals surface area contributed by atoms with Gasteiger partial charge >= 0.3 is 0 Å². The highest BCUT2D eigenvalue weighted by molar-refractivity contribution is 6.42. The second-order valence-corrected chi connectivity index (χ2v) is 7.89. The summed E-state index contributed by atoms with van der Waals surface area (Å²) in [6.07, 6.45) is 5.46. The van der Waals surface area contributed by atoms with E-state index < -0.39 is 0 Å². The molecule has 2 aromatic heterocycles. The van der Waals surface area contributed by atoms with Gasteiger partial charge < -0.3 is 9.30 Å². The number of rotatable bonds is 3. The SMILES string of the molecule is COc1ccc(-c2cn3nc(-c4ccc(Cl)c(Cl)c4)n4c3c2CCCC4)cc1. The molecule has 1 aliphatic heterocycles. The summed E-state index contributed by atoms with van der Waals surface area (Å²) in [6.45, 7) is 0.943. The maximum absolute atomic E-state index is 6.25. The van der Waals surface area contributed by atoms with Crippen LogP contribution in [0.3, 0.4) is 0 Å². The smallest absolute Gasteiger partial charge is 0.162 e.